The molecule has 6 nitrogen and oxygen atoms in total. The quantitative estimate of drug-likeness (QED) is 0.689. The lowest BCUT2D eigenvalue weighted by Crippen LogP contribution is -2.31. The number of hydrogen-bond donors (Lipinski definition) is 0. The van der Waals surface area contributed by atoms with Crippen molar-refractivity contribution >= 4 is 24.5 Å². The maximum absolute atomic E-state index is 13.3. The van der Waals surface area contributed by atoms with Gasteiger partial charge in [-0.2, -0.15) is 5.26 Å². The van der Waals surface area contributed by atoms with Crippen molar-refractivity contribution in [3.05, 3.63) is 23.8 Å². The van der Waals surface area contributed by atoms with Gasteiger partial charge in [-0.25, -0.2) is 0 Å². The van der Waals surface area contributed by atoms with Crippen LogP contribution >= 0.6 is 19.4 Å². The molecule has 1 unspecified atom stereocenters. The van der Waals surface area contributed by atoms with Crippen LogP contribution in [0.5, 0.6) is 5.75 Å². The van der Waals surface area contributed by atoms with E-state index >= 15 is 0 Å². The summed E-state index contributed by atoms with van der Waals surface area (Å²) in [6.45, 7) is 5.68. The van der Waals surface area contributed by atoms with Crippen molar-refractivity contribution in [1.82, 2.24) is 0 Å². The zero-order valence-electron chi connectivity index (χ0n) is 13.2. The van der Waals surface area contributed by atoms with Gasteiger partial charge in [0.25, 0.3) is 5.16 Å². The lowest BCUT2D eigenvalue weighted by molar-refractivity contribution is -0.112. The van der Waals surface area contributed by atoms with Crippen LogP contribution in [0.3, 0.4) is 0 Å². The van der Waals surface area contributed by atoms with Gasteiger partial charge in [0.2, 0.25) is 5.12 Å². The van der Waals surface area contributed by atoms with E-state index in [1.54, 1.807) is 32.0 Å². The predicted octanol–water partition coefficient (Wildman–Crippen LogP) is 3.70. The molecule has 0 saturated heterocycles. The van der Waals surface area contributed by atoms with Crippen molar-refractivity contribution in [1.29, 1.82) is 5.26 Å². The second-order valence-corrected chi connectivity index (χ2v) is 7.83. The highest BCUT2D eigenvalue weighted by Gasteiger charge is 2.63. The van der Waals surface area contributed by atoms with Gasteiger partial charge >= 0.3 is 7.60 Å². The van der Waals surface area contributed by atoms with Gasteiger partial charge in [0.15, 0.2) is 0 Å². The van der Waals surface area contributed by atoms with Crippen molar-refractivity contribution in [3.8, 4) is 11.8 Å². The molecule has 0 N–H and O–H groups in total. The molecule has 0 radical (unpaired) electrons. The fourth-order valence-electron chi connectivity index (χ4n) is 2.42. The third-order valence-electron chi connectivity index (χ3n) is 3.32. The van der Waals surface area contributed by atoms with Gasteiger partial charge in [0.1, 0.15) is 5.75 Å². The first-order valence-corrected chi connectivity index (χ1v) is 9.65. The molecule has 23 heavy (non-hydrogen) atoms. The van der Waals surface area contributed by atoms with Crippen molar-refractivity contribution in [2.24, 2.45) is 0 Å². The number of benzene rings is 1. The summed E-state index contributed by atoms with van der Waals surface area (Å²) in [6.07, 6.45) is 0. The molecule has 0 aromatic heterocycles. The lowest BCUT2D eigenvalue weighted by atomic mass is 10.0. The molecule has 2 rings (SSSR count). The van der Waals surface area contributed by atoms with Crippen LogP contribution in [0, 0.1) is 11.3 Å². The highest BCUT2D eigenvalue weighted by atomic mass is 32.2. The summed E-state index contributed by atoms with van der Waals surface area (Å²) >= 11 is 0.879. The molecule has 124 valence electrons. The van der Waals surface area contributed by atoms with Crippen LogP contribution in [0.25, 0.3) is 0 Å². The monoisotopic (exact) mass is 355 g/mol. The molecular weight excluding hydrogens is 337 g/mol. The van der Waals surface area contributed by atoms with E-state index in [1.165, 1.54) is 0 Å². The summed E-state index contributed by atoms with van der Waals surface area (Å²) in [5, 5.41) is 7.27. The predicted molar refractivity (Wildman–Crippen MR) is 86.6 cm³/mol. The van der Waals surface area contributed by atoms with E-state index in [1.807, 2.05) is 13.0 Å². The highest BCUT2D eigenvalue weighted by Crippen LogP contribution is 2.70. The van der Waals surface area contributed by atoms with Gasteiger partial charge in [-0.05, 0) is 50.7 Å². The average Bonchev–Trinajstić information content (AvgIpc) is 2.80. The van der Waals surface area contributed by atoms with Crippen LogP contribution < -0.4 is 4.74 Å². The number of nitrogens with zero attached hydrogens (tertiary/aromatic N) is 1. The van der Waals surface area contributed by atoms with Gasteiger partial charge in [-0.15, -0.1) is 0 Å². The second kappa shape index (κ2) is 7.06. The number of fused-ring (bicyclic) bond motifs is 1. The Labute approximate surface area is 139 Å². The molecular formula is C15H18NO5PS. The molecule has 1 aromatic carbocycles. The molecule has 1 aromatic rings. The zero-order chi connectivity index (χ0) is 17.1. The third kappa shape index (κ3) is 2.81. The SMILES string of the molecule is CCOc1ccc2c(c1)C(C#N)(P(=O)(OCC)OCC)C(=O)S2. The number of nitriles is 1. The number of thioether (sulfide) groups is 1. The molecule has 0 amide bonds. The minimum atomic E-state index is -4.01. The number of hydrogen-bond acceptors (Lipinski definition) is 7. The Kier molecular flexibility index (Phi) is 5.53. The van der Waals surface area contributed by atoms with E-state index in [0.717, 1.165) is 11.8 Å². The Morgan fingerprint density at radius 2 is 1.87 bits per heavy atom. The largest absolute Gasteiger partial charge is 0.494 e. The molecule has 1 aliphatic heterocycles. The van der Waals surface area contributed by atoms with Crippen LogP contribution in [0.15, 0.2) is 23.1 Å². The van der Waals surface area contributed by atoms with Crippen LogP contribution in [0.1, 0.15) is 26.3 Å². The summed E-state index contributed by atoms with van der Waals surface area (Å²) in [7, 11) is -4.01. The van der Waals surface area contributed by atoms with Crippen molar-refractivity contribution in [3.63, 3.8) is 0 Å². The Bertz CT molecular complexity index is 692. The van der Waals surface area contributed by atoms with E-state index < -0.39 is 17.9 Å². The second-order valence-electron chi connectivity index (χ2n) is 4.64. The Balaban J connectivity index is 2.67. The van der Waals surface area contributed by atoms with Gasteiger partial charge in [-0.1, -0.05) is 0 Å². The van der Waals surface area contributed by atoms with Crippen LogP contribution in [-0.4, -0.2) is 24.9 Å². The fourth-order valence-corrected chi connectivity index (χ4v) is 5.90. The van der Waals surface area contributed by atoms with Gasteiger partial charge < -0.3 is 13.8 Å². The molecule has 0 saturated carbocycles. The summed E-state index contributed by atoms with van der Waals surface area (Å²) < 4.78 is 29.3. The molecule has 8 heteroatoms. The van der Waals surface area contributed by atoms with Gasteiger partial charge in [0.05, 0.1) is 25.9 Å². The highest BCUT2D eigenvalue weighted by molar-refractivity contribution is 8.15. The van der Waals surface area contributed by atoms with Crippen molar-refractivity contribution in [2.75, 3.05) is 19.8 Å². The Morgan fingerprint density at radius 1 is 1.22 bits per heavy atom. The van der Waals surface area contributed by atoms with E-state index in [4.69, 9.17) is 13.8 Å². The maximum Gasteiger partial charge on any atom is 0.363 e. The zero-order valence-corrected chi connectivity index (χ0v) is 14.9. The maximum atomic E-state index is 13.3. The molecule has 0 aliphatic carbocycles. The first-order valence-electron chi connectivity index (χ1n) is 7.29. The number of ether oxygens (including phenoxy) is 1. The molecule has 1 atom stereocenters. The minimum absolute atomic E-state index is 0.0686. The van der Waals surface area contributed by atoms with E-state index in [0.29, 0.717) is 22.8 Å². The first kappa shape index (κ1) is 18.0. The topological polar surface area (TPSA) is 85.6 Å². The number of carbonyl (C=O) groups is 1. The molecule has 0 fully saturated rings. The first-order chi connectivity index (χ1) is 11.0. The summed E-state index contributed by atoms with van der Waals surface area (Å²) in [5.74, 6) is 0.501. The van der Waals surface area contributed by atoms with Gasteiger partial charge in [0, 0.05) is 10.5 Å². The van der Waals surface area contributed by atoms with Crippen LogP contribution in [0.2, 0.25) is 0 Å². The Morgan fingerprint density at radius 3 is 2.39 bits per heavy atom. The van der Waals surface area contributed by atoms with Crippen LogP contribution in [-0.2, 0) is 23.6 Å². The van der Waals surface area contributed by atoms with Crippen LogP contribution in [0.4, 0.5) is 0 Å². The summed E-state index contributed by atoms with van der Waals surface area (Å²) in [4.78, 5) is 13.2. The molecule has 1 aliphatic rings. The smallest absolute Gasteiger partial charge is 0.363 e. The summed E-state index contributed by atoms with van der Waals surface area (Å²) in [5.41, 5.74) is 0.325. The van der Waals surface area contributed by atoms with E-state index in [9.17, 15) is 14.6 Å². The molecule has 0 bridgehead atoms. The lowest BCUT2D eigenvalue weighted by Gasteiger charge is -2.28. The Hall–Kier alpha value is -1.32. The fraction of sp³-hybridized carbons (Fsp3) is 0.467. The van der Waals surface area contributed by atoms with Crippen molar-refractivity contribution in [2.45, 2.75) is 30.8 Å². The molecule has 0 spiro atoms. The minimum Gasteiger partial charge on any atom is -0.494 e. The third-order valence-corrected chi connectivity index (χ3v) is 7.10. The summed E-state index contributed by atoms with van der Waals surface area (Å²) in [6, 6.07) is 6.89. The van der Waals surface area contributed by atoms with E-state index in [-0.39, 0.29) is 13.2 Å². The van der Waals surface area contributed by atoms with E-state index in [2.05, 4.69) is 0 Å². The normalized spacial score (nSPS) is 20.2. The standard InChI is InChI=1S/C15H18NO5PS/c1-4-19-11-7-8-13-12(9-11)15(10-16,14(17)23-13)22(18,20-5-2)21-6-3/h7-9H,4-6H2,1-3H3. The number of carbonyl (C=O) groups excluding carboxylic acids is 1. The number of rotatable bonds is 7. The average molecular weight is 355 g/mol. The van der Waals surface area contributed by atoms with Gasteiger partial charge in [-0.3, -0.25) is 9.36 Å². The van der Waals surface area contributed by atoms with Crippen molar-refractivity contribution < 1.29 is 23.1 Å². The molecule has 1 heterocycles.